The summed E-state index contributed by atoms with van der Waals surface area (Å²) in [6.07, 6.45) is 5.15. The van der Waals surface area contributed by atoms with Crippen LogP contribution in [0.15, 0.2) is 22.7 Å². The van der Waals surface area contributed by atoms with Gasteiger partial charge in [0.1, 0.15) is 0 Å². The van der Waals surface area contributed by atoms with Crippen LogP contribution in [-0.2, 0) is 11.3 Å². The second-order valence-corrected chi connectivity index (χ2v) is 5.85. The fourth-order valence-corrected chi connectivity index (χ4v) is 2.69. The fourth-order valence-electron chi connectivity index (χ4n) is 2.21. The average Bonchev–Trinajstić information content (AvgIpc) is 2.42. The Kier molecular flexibility index (Phi) is 8.15. The molecule has 0 aliphatic carbocycles. The highest BCUT2D eigenvalue weighted by Crippen LogP contribution is 2.26. The van der Waals surface area contributed by atoms with Crippen LogP contribution in [0.25, 0.3) is 0 Å². The molecule has 19 heavy (non-hydrogen) atoms. The minimum Gasteiger partial charge on any atom is -0.384 e. The minimum absolute atomic E-state index is 0.634. The normalized spacial score (nSPS) is 12.4. The minimum atomic E-state index is 0.634. The van der Waals surface area contributed by atoms with Gasteiger partial charge in [-0.1, -0.05) is 55.1 Å². The van der Waals surface area contributed by atoms with E-state index in [1.165, 1.54) is 36.9 Å². The molecule has 0 saturated carbocycles. The molecule has 108 valence electrons. The summed E-state index contributed by atoms with van der Waals surface area (Å²) in [5.41, 5.74) is 2.39. The lowest BCUT2D eigenvalue weighted by Gasteiger charge is -2.18. The van der Waals surface area contributed by atoms with Crippen molar-refractivity contribution in [1.29, 1.82) is 0 Å². The van der Waals surface area contributed by atoms with Gasteiger partial charge in [0.2, 0.25) is 0 Å². The van der Waals surface area contributed by atoms with E-state index < -0.39 is 0 Å². The molecule has 0 bridgehead atoms. The van der Waals surface area contributed by atoms with Crippen LogP contribution in [0.4, 0.5) is 5.69 Å². The van der Waals surface area contributed by atoms with Gasteiger partial charge in [0, 0.05) is 29.4 Å². The molecular formula is C16H26BrNO. The van der Waals surface area contributed by atoms with Gasteiger partial charge in [0.15, 0.2) is 0 Å². The van der Waals surface area contributed by atoms with Crippen LogP contribution >= 0.6 is 15.9 Å². The molecule has 0 saturated heterocycles. The van der Waals surface area contributed by atoms with Crippen molar-refractivity contribution in [2.75, 3.05) is 19.0 Å². The Bertz CT molecular complexity index is 368. The number of hydrogen-bond acceptors (Lipinski definition) is 2. The number of unbranched alkanes of at least 4 members (excludes halogenated alkanes) is 1. The molecule has 0 aromatic heterocycles. The van der Waals surface area contributed by atoms with Crippen molar-refractivity contribution in [2.24, 2.45) is 5.92 Å². The predicted molar refractivity (Wildman–Crippen MR) is 86.7 cm³/mol. The number of anilines is 1. The second-order valence-electron chi connectivity index (χ2n) is 5.00. The van der Waals surface area contributed by atoms with Crippen LogP contribution in [0.2, 0.25) is 0 Å². The van der Waals surface area contributed by atoms with Crippen molar-refractivity contribution in [3.05, 3.63) is 28.2 Å². The average molecular weight is 328 g/mol. The van der Waals surface area contributed by atoms with Gasteiger partial charge < -0.3 is 10.1 Å². The Labute approximate surface area is 126 Å². The SMILES string of the molecule is CCCCC(CC)CNc1cccc(Br)c1COC. The highest BCUT2D eigenvalue weighted by molar-refractivity contribution is 9.10. The summed E-state index contributed by atoms with van der Waals surface area (Å²) in [5, 5.41) is 3.59. The lowest BCUT2D eigenvalue weighted by Crippen LogP contribution is -2.15. The lowest BCUT2D eigenvalue weighted by molar-refractivity contribution is 0.185. The second kappa shape index (κ2) is 9.38. The molecule has 0 radical (unpaired) electrons. The van der Waals surface area contributed by atoms with E-state index >= 15 is 0 Å². The zero-order chi connectivity index (χ0) is 14.1. The van der Waals surface area contributed by atoms with E-state index in [2.05, 4.69) is 53.3 Å². The molecule has 1 unspecified atom stereocenters. The number of ether oxygens (including phenoxy) is 1. The summed E-state index contributed by atoms with van der Waals surface area (Å²) < 4.78 is 6.39. The van der Waals surface area contributed by atoms with Gasteiger partial charge in [-0.05, 0) is 24.5 Å². The maximum atomic E-state index is 5.28. The molecule has 0 heterocycles. The lowest BCUT2D eigenvalue weighted by atomic mass is 9.99. The Hall–Kier alpha value is -0.540. The molecule has 0 spiro atoms. The summed E-state index contributed by atoms with van der Waals surface area (Å²) in [4.78, 5) is 0. The first kappa shape index (κ1) is 16.5. The maximum absolute atomic E-state index is 5.28. The van der Waals surface area contributed by atoms with Crippen molar-refractivity contribution in [2.45, 2.75) is 46.1 Å². The number of nitrogens with one attached hydrogen (secondary N) is 1. The quantitative estimate of drug-likeness (QED) is 0.671. The number of hydrogen-bond donors (Lipinski definition) is 1. The van der Waals surface area contributed by atoms with Gasteiger partial charge in [0.25, 0.3) is 0 Å². The van der Waals surface area contributed by atoms with Crippen LogP contribution in [-0.4, -0.2) is 13.7 Å². The van der Waals surface area contributed by atoms with Crippen LogP contribution in [0.3, 0.4) is 0 Å². The molecule has 1 aromatic rings. The summed E-state index contributed by atoms with van der Waals surface area (Å²) in [6.45, 7) is 6.21. The van der Waals surface area contributed by atoms with Gasteiger partial charge >= 0.3 is 0 Å². The van der Waals surface area contributed by atoms with Gasteiger partial charge in [-0.3, -0.25) is 0 Å². The zero-order valence-corrected chi connectivity index (χ0v) is 13.9. The zero-order valence-electron chi connectivity index (χ0n) is 12.3. The molecule has 1 rings (SSSR count). The number of rotatable bonds is 9. The number of methoxy groups -OCH3 is 1. The molecule has 0 aliphatic rings. The van der Waals surface area contributed by atoms with Crippen molar-refractivity contribution in [3.63, 3.8) is 0 Å². The van der Waals surface area contributed by atoms with E-state index in [1.54, 1.807) is 7.11 Å². The third-order valence-corrected chi connectivity index (χ3v) is 4.27. The first-order chi connectivity index (χ1) is 9.22. The van der Waals surface area contributed by atoms with Gasteiger partial charge in [-0.2, -0.15) is 0 Å². The molecule has 2 nitrogen and oxygen atoms in total. The van der Waals surface area contributed by atoms with Gasteiger partial charge in [-0.25, -0.2) is 0 Å². The molecule has 3 heteroatoms. The Balaban J connectivity index is 2.62. The third kappa shape index (κ3) is 5.53. The summed E-state index contributed by atoms with van der Waals surface area (Å²) in [6, 6.07) is 6.26. The van der Waals surface area contributed by atoms with Gasteiger partial charge in [0.05, 0.1) is 6.61 Å². The molecule has 0 aliphatic heterocycles. The predicted octanol–water partition coefficient (Wildman–Crippen LogP) is 5.22. The molecular weight excluding hydrogens is 302 g/mol. The Morgan fingerprint density at radius 2 is 2.11 bits per heavy atom. The Morgan fingerprint density at radius 1 is 1.32 bits per heavy atom. The highest BCUT2D eigenvalue weighted by Gasteiger charge is 2.09. The maximum Gasteiger partial charge on any atom is 0.0744 e. The monoisotopic (exact) mass is 327 g/mol. The van der Waals surface area contributed by atoms with E-state index in [0.29, 0.717) is 6.61 Å². The molecule has 0 fully saturated rings. The fraction of sp³-hybridized carbons (Fsp3) is 0.625. The van der Waals surface area contributed by atoms with E-state index in [4.69, 9.17) is 4.74 Å². The standard InChI is InChI=1S/C16H26BrNO/c1-4-6-8-13(5-2)11-18-16-10-7-9-15(17)14(16)12-19-3/h7,9-10,13,18H,4-6,8,11-12H2,1-3H3. The number of halogens is 1. The highest BCUT2D eigenvalue weighted by atomic mass is 79.9. The summed E-state index contributed by atoms with van der Waals surface area (Å²) in [5.74, 6) is 0.759. The topological polar surface area (TPSA) is 21.3 Å². The van der Waals surface area contributed by atoms with Crippen molar-refractivity contribution < 1.29 is 4.74 Å². The smallest absolute Gasteiger partial charge is 0.0744 e. The van der Waals surface area contributed by atoms with E-state index in [0.717, 1.165) is 16.9 Å². The molecule has 1 atom stereocenters. The summed E-state index contributed by atoms with van der Waals surface area (Å²) >= 11 is 3.59. The van der Waals surface area contributed by atoms with Crippen molar-refractivity contribution in [1.82, 2.24) is 0 Å². The van der Waals surface area contributed by atoms with E-state index in [-0.39, 0.29) is 0 Å². The molecule has 0 amide bonds. The van der Waals surface area contributed by atoms with Crippen molar-refractivity contribution in [3.8, 4) is 0 Å². The van der Waals surface area contributed by atoms with Crippen LogP contribution in [0.5, 0.6) is 0 Å². The van der Waals surface area contributed by atoms with Crippen LogP contribution < -0.4 is 5.32 Å². The molecule has 1 aromatic carbocycles. The van der Waals surface area contributed by atoms with Gasteiger partial charge in [-0.15, -0.1) is 0 Å². The largest absolute Gasteiger partial charge is 0.384 e. The third-order valence-electron chi connectivity index (χ3n) is 3.53. The van der Waals surface area contributed by atoms with E-state index in [9.17, 15) is 0 Å². The first-order valence-electron chi connectivity index (χ1n) is 7.23. The molecule has 1 N–H and O–H groups in total. The first-order valence-corrected chi connectivity index (χ1v) is 8.02. The summed E-state index contributed by atoms with van der Waals surface area (Å²) in [7, 11) is 1.74. The van der Waals surface area contributed by atoms with Crippen molar-refractivity contribution >= 4 is 21.6 Å². The van der Waals surface area contributed by atoms with E-state index in [1.807, 2.05) is 0 Å². The number of benzene rings is 1. The Morgan fingerprint density at radius 3 is 2.74 bits per heavy atom. The van der Waals surface area contributed by atoms with Crippen LogP contribution in [0.1, 0.15) is 45.1 Å². The van der Waals surface area contributed by atoms with Crippen LogP contribution in [0, 0.1) is 5.92 Å².